The van der Waals surface area contributed by atoms with Crippen LogP contribution in [-0.2, 0) is 11.2 Å². The van der Waals surface area contributed by atoms with Crippen LogP contribution in [0.5, 0.6) is 0 Å². The van der Waals surface area contributed by atoms with Crippen LogP contribution in [-0.4, -0.2) is 25.5 Å². The number of hydrogen-bond donors (Lipinski definition) is 1. The van der Waals surface area contributed by atoms with Crippen LogP contribution in [0, 0.1) is 5.92 Å². The maximum absolute atomic E-state index is 12.4. The van der Waals surface area contributed by atoms with Crippen molar-refractivity contribution in [2.75, 3.05) is 24.5 Å². The fourth-order valence-corrected chi connectivity index (χ4v) is 2.89. The maximum atomic E-state index is 12.4. The van der Waals surface area contributed by atoms with Gasteiger partial charge in [-0.2, -0.15) is 0 Å². The fraction of sp³-hybridized carbons (Fsp3) is 0.562. The normalized spacial score (nSPS) is 18.2. The number of carbonyl (C=O) groups excluding carboxylic acids is 1. The summed E-state index contributed by atoms with van der Waals surface area (Å²) in [6.45, 7) is 6.99. The zero-order chi connectivity index (χ0) is 13.4. The molecule has 110 valence electrons. The van der Waals surface area contributed by atoms with Crippen LogP contribution in [0.15, 0.2) is 18.2 Å². The minimum absolute atomic E-state index is 0. The summed E-state index contributed by atoms with van der Waals surface area (Å²) in [6.07, 6.45) is 2.18. The van der Waals surface area contributed by atoms with Crippen molar-refractivity contribution < 1.29 is 4.79 Å². The molecule has 2 heterocycles. The van der Waals surface area contributed by atoms with E-state index in [0.717, 1.165) is 38.2 Å². The second-order valence-corrected chi connectivity index (χ2v) is 5.99. The average Bonchev–Trinajstić information content (AvgIpc) is 2.35. The first-order chi connectivity index (χ1) is 9.16. The van der Waals surface area contributed by atoms with Gasteiger partial charge in [-0.3, -0.25) is 4.79 Å². The van der Waals surface area contributed by atoms with Crippen molar-refractivity contribution >= 4 is 24.0 Å². The summed E-state index contributed by atoms with van der Waals surface area (Å²) in [7, 11) is 0. The Morgan fingerprint density at radius 3 is 2.70 bits per heavy atom. The third kappa shape index (κ3) is 2.70. The number of rotatable bonds is 2. The van der Waals surface area contributed by atoms with Gasteiger partial charge < -0.3 is 10.2 Å². The number of carbonyl (C=O) groups is 1. The van der Waals surface area contributed by atoms with Gasteiger partial charge in [0.25, 0.3) is 0 Å². The number of anilines is 1. The summed E-state index contributed by atoms with van der Waals surface area (Å²) >= 11 is 0. The van der Waals surface area contributed by atoms with Gasteiger partial charge in [-0.25, -0.2) is 0 Å². The number of nitrogens with zero attached hydrogens (tertiary/aromatic N) is 1. The molecule has 1 N–H and O–H groups in total. The highest BCUT2D eigenvalue weighted by Gasteiger charge is 2.32. The van der Waals surface area contributed by atoms with E-state index in [1.807, 2.05) is 4.90 Å². The lowest BCUT2D eigenvalue weighted by Gasteiger charge is -2.36. The van der Waals surface area contributed by atoms with Crippen LogP contribution < -0.4 is 10.2 Å². The van der Waals surface area contributed by atoms with Gasteiger partial charge in [0.2, 0.25) is 5.91 Å². The minimum atomic E-state index is 0. The summed E-state index contributed by atoms with van der Waals surface area (Å²) in [5.74, 6) is 1.04. The molecule has 1 aromatic carbocycles. The second kappa shape index (κ2) is 6.15. The molecule has 0 radical (unpaired) electrons. The van der Waals surface area contributed by atoms with Gasteiger partial charge in [-0.1, -0.05) is 26.0 Å². The first-order valence-corrected chi connectivity index (χ1v) is 7.31. The number of fused-ring (bicyclic) bond motifs is 1. The summed E-state index contributed by atoms with van der Waals surface area (Å²) in [6, 6.07) is 6.61. The van der Waals surface area contributed by atoms with Crippen molar-refractivity contribution in [2.24, 2.45) is 5.92 Å². The summed E-state index contributed by atoms with van der Waals surface area (Å²) in [5, 5.41) is 3.18. The minimum Gasteiger partial charge on any atom is -0.315 e. The Kier molecular flexibility index (Phi) is 4.71. The topological polar surface area (TPSA) is 32.3 Å². The molecule has 1 saturated heterocycles. The Morgan fingerprint density at radius 2 is 2.10 bits per heavy atom. The smallest absolute Gasteiger partial charge is 0.232 e. The van der Waals surface area contributed by atoms with Crippen LogP contribution in [0.4, 0.5) is 5.69 Å². The van der Waals surface area contributed by atoms with Gasteiger partial charge in [0.15, 0.2) is 0 Å². The van der Waals surface area contributed by atoms with E-state index in [1.165, 1.54) is 11.1 Å². The van der Waals surface area contributed by atoms with Crippen molar-refractivity contribution in [3.8, 4) is 0 Å². The zero-order valence-corrected chi connectivity index (χ0v) is 13.0. The molecular weight excluding hydrogens is 272 g/mol. The second-order valence-electron chi connectivity index (χ2n) is 5.99. The number of benzene rings is 1. The standard InChI is InChI=1S/C16H22N2O.ClH/c1-11(2)12-5-6-15-13(8-12)4-3-7-18(15)16(19)14-9-17-10-14;/h5-6,8,11,14,17H,3-4,7,9-10H2,1-2H3;1H. The van der Waals surface area contributed by atoms with Gasteiger partial charge >= 0.3 is 0 Å². The van der Waals surface area contributed by atoms with Crippen LogP contribution in [0.1, 0.15) is 37.3 Å². The molecule has 1 amide bonds. The van der Waals surface area contributed by atoms with E-state index in [9.17, 15) is 4.79 Å². The third-order valence-corrected chi connectivity index (χ3v) is 4.29. The molecule has 0 aromatic heterocycles. The number of nitrogens with one attached hydrogen (secondary N) is 1. The van der Waals surface area contributed by atoms with E-state index in [-0.39, 0.29) is 18.3 Å². The van der Waals surface area contributed by atoms with Crippen LogP contribution >= 0.6 is 12.4 Å². The highest BCUT2D eigenvalue weighted by atomic mass is 35.5. The van der Waals surface area contributed by atoms with Gasteiger partial charge in [-0.15, -0.1) is 12.4 Å². The first kappa shape index (κ1) is 15.3. The van der Waals surface area contributed by atoms with Crippen LogP contribution in [0.3, 0.4) is 0 Å². The van der Waals surface area contributed by atoms with Crippen molar-refractivity contribution in [1.29, 1.82) is 0 Å². The van der Waals surface area contributed by atoms with Gasteiger partial charge in [0.05, 0.1) is 5.92 Å². The SMILES string of the molecule is CC(C)c1ccc2c(c1)CCCN2C(=O)C1CNC1.Cl. The fourth-order valence-electron chi connectivity index (χ4n) is 2.89. The molecule has 0 unspecified atom stereocenters. The Hall–Kier alpha value is -1.06. The average molecular weight is 295 g/mol. The van der Waals surface area contributed by atoms with E-state index in [2.05, 4.69) is 37.4 Å². The van der Waals surface area contributed by atoms with Gasteiger partial charge in [-0.05, 0) is 36.0 Å². The first-order valence-electron chi connectivity index (χ1n) is 7.31. The maximum Gasteiger partial charge on any atom is 0.232 e. The Labute approximate surface area is 127 Å². The monoisotopic (exact) mass is 294 g/mol. The third-order valence-electron chi connectivity index (χ3n) is 4.29. The van der Waals surface area contributed by atoms with Crippen LogP contribution in [0.25, 0.3) is 0 Å². The molecule has 0 atom stereocenters. The van der Waals surface area contributed by atoms with E-state index in [4.69, 9.17) is 0 Å². The molecule has 2 aliphatic heterocycles. The molecule has 4 heteroatoms. The lowest BCUT2D eigenvalue weighted by molar-refractivity contribution is -0.123. The van der Waals surface area contributed by atoms with Crippen molar-refractivity contribution in [3.63, 3.8) is 0 Å². The number of halogens is 1. The summed E-state index contributed by atoms with van der Waals surface area (Å²) < 4.78 is 0. The molecule has 1 fully saturated rings. The molecule has 0 spiro atoms. The van der Waals surface area contributed by atoms with Crippen molar-refractivity contribution in [2.45, 2.75) is 32.6 Å². The molecule has 3 rings (SSSR count). The van der Waals surface area contributed by atoms with Gasteiger partial charge in [0, 0.05) is 25.3 Å². The molecule has 1 aromatic rings. The lowest BCUT2D eigenvalue weighted by Crippen LogP contribution is -2.53. The van der Waals surface area contributed by atoms with Gasteiger partial charge in [0.1, 0.15) is 0 Å². The number of hydrogen-bond acceptors (Lipinski definition) is 2. The molecular formula is C16H23ClN2O. The Morgan fingerprint density at radius 1 is 1.35 bits per heavy atom. The highest BCUT2D eigenvalue weighted by Crippen LogP contribution is 2.31. The van der Waals surface area contributed by atoms with Crippen molar-refractivity contribution in [3.05, 3.63) is 29.3 Å². The predicted molar refractivity (Wildman–Crippen MR) is 84.8 cm³/mol. The predicted octanol–water partition coefficient (Wildman–Crippen LogP) is 2.73. The Bertz CT molecular complexity index is 497. The quantitative estimate of drug-likeness (QED) is 0.910. The van der Waals surface area contributed by atoms with Crippen molar-refractivity contribution in [1.82, 2.24) is 5.32 Å². The van der Waals surface area contributed by atoms with E-state index in [0.29, 0.717) is 11.8 Å². The van der Waals surface area contributed by atoms with E-state index >= 15 is 0 Å². The molecule has 20 heavy (non-hydrogen) atoms. The molecule has 3 nitrogen and oxygen atoms in total. The summed E-state index contributed by atoms with van der Waals surface area (Å²) in [5.41, 5.74) is 3.86. The Balaban J connectivity index is 0.00000147. The van der Waals surface area contributed by atoms with Crippen LogP contribution in [0.2, 0.25) is 0 Å². The number of aryl methyl sites for hydroxylation is 1. The number of amides is 1. The highest BCUT2D eigenvalue weighted by molar-refractivity contribution is 5.97. The molecule has 0 aliphatic carbocycles. The zero-order valence-electron chi connectivity index (χ0n) is 12.2. The molecule has 2 aliphatic rings. The van der Waals surface area contributed by atoms with E-state index in [1.54, 1.807) is 0 Å². The molecule has 0 saturated carbocycles. The largest absolute Gasteiger partial charge is 0.315 e. The lowest BCUT2D eigenvalue weighted by atomic mass is 9.93. The molecule has 0 bridgehead atoms. The summed E-state index contributed by atoms with van der Waals surface area (Å²) in [4.78, 5) is 14.5. The van der Waals surface area contributed by atoms with E-state index < -0.39 is 0 Å².